The van der Waals surface area contributed by atoms with E-state index in [9.17, 15) is 18.0 Å². The molecule has 3 heterocycles. The molecule has 8 N–H and O–H groups in total. The van der Waals surface area contributed by atoms with Crippen LogP contribution >= 0.6 is 0 Å². The number of hydrogen-bond acceptors (Lipinski definition) is 9. The fraction of sp³-hybridized carbons (Fsp3) is 0.316. The number of halogens is 3. The Labute approximate surface area is 193 Å². The maximum atomic E-state index is 12.9. The van der Waals surface area contributed by atoms with E-state index in [1.54, 1.807) is 25.4 Å². The van der Waals surface area contributed by atoms with Gasteiger partial charge in [0.25, 0.3) is 0 Å². The lowest BCUT2D eigenvalue weighted by Gasteiger charge is -2.12. The van der Waals surface area contributed by atoms with Gasteiger partial charge in [-0.3, -0.25) is 4.79 Å². The van der Waals surface area contributed by atoms with Crippen LogP contribution in [-0.2, 0) is 11.0 Å². The lowest BCUT2D eigenvalue weighted by Crippen LogP contribution is -2.34. The Hall–Kier alpha value is -4.14. The topological polar surface area (TPSA) is 178 Å². The number of hydrazone groups is 1. The van der Waals surface area contributed by atoms with Gasteiger partial charge in [0.15, 0.2) is 5.65 Å². The number of carbonyl (C=O) groups excluding carboxylic acids is 1. The van der Waals surface area contributed by atoms with Gasteiger partial charge in [-0.05, 0) is 18.2 Å². The molecule has 0 fully saturated rings. The van der Waals surface area contributed by atoms with Crippen molar-refractivity contribution in [1.82, 2.24) is 30.0 Å². The van der Waals surface area contributed by atoms with Crippen molar-refractivity contribution < 1.29 is 18.0 Å². The van der Waals surface area contributed by atoms with Crippen LogP contribution < -0.4 is 27.9 Å². The number of nitrogens with zero attached hydrogens (tertiary/aromatic N) is 6. The molecule has 184 valence electrons. The molecule has 0 atom stereocenters. The lowest BCUT2D eigenvalue weighted by molar-refractivity contribution is -0.137. The maximum absolute atomic E-state index is 12.9. The number of rotatable bonds is 8. The Morgan fingerprint density at radius 1 is 1.35 bits per heavy atom. The number of amides is 1. The van der Waals surface area contributed by atoms with E-state index < -0.39 is 17.6 Å². The number of imidazole rings is 1. The molecule has 12 nitrogen and oxygen atoms in total. The molecule has 0 bridgehead atoms. The Bertz CT molecular complexity index is 1130. The molecule has 0 radical (unpaired) electrons. The van der Waals surface area contributed by atoms with Crippen molar-refractivity contribution in [3.63, 3.8) is 0 Å². The molecule has 0 aliphatic rings. The second-order valence-electron chi connectivity index (χ2n) is 6.73. The minimum absolute atomic E-state index is 0.225. The number of anilines is 2. The standard InChI is InChI=1S/C13H11F3N6.C6H15N5O/c1-18-10-6-22-11(20-10)3-2-9(21-22)7-4-8(13(14,15)16)12(17)19-5-7;1-2-6(7)10-11(8)4-3-9-5-12/h2-6,18H,1H3,(H2,17,19);5H,2-4,8H2,1H3,(H2,7,10)(H,9,12). The first-order valence-corrected chi connectivity index (χ1v) is 9.98. The molecule has 3 rings (SSSR count). The summed E-state index contributed by atoms with van der Waals surface area (Å²) in [7, 11) is 1.71. The van der Waals surface area contributed by atoms with Gasteiger partial charge >= 0.3 is 6.18 Å². The first-order valence-electron chi connectivity index (χ1n) is 9.98. The molecule has 3 aromatic heterocycles. The van der Waals surface area contributed by atoms with E-state index in [1.807, 2.05) is 6.92 Å². The molecule has 0 saturated heterocycles. The quantitative estimate of drug-likeness (QED) is 0.0784. The van der Waals surface area contributed by atoms with Crippen molar-refractivity contribution >= 4 is 29.5 Å². The van der Waals surface area contributed by atoms with Crippen LogP contribution in [0, 0.1) is 0 Å². The number of carbonyl (C=O) groups is 1. The third-order valence-electron chi connectivity index (χ3n) is 4.28. The molecule has 34 heavy (non-hydrogen) atoms. The first-order chi connectivity index (χ1) is 16.1. The van der Waals surface area contributed by atoms with Gasteiger partial charge in [-0.25, -0.2) is 25.4 Å². The zero-order valence-corrected chi connectivity index (χ0v) is 18.5. The number of alkyl halides is 3. The summed E-state index contributed by atoms with van der Waals surface area (Å²) in [5, 5.41) is 14.6. The number of hydrazine groups is 1. The van der Waals surface area contributed by atoms with Gasteiger partial charge in [0.2, 0.25) is 6.41 Å². The summed E-state index contributed by atoms with van der Waals surface area (Å²) in [6.07, 6.45) is -0.399. The number of hydrogen-bond donors (Lipinski definition) is 5. The van der Waals surface area contributed by atoms with Gasteiger partial charge in [0.05, 0.1) is 24.0 Å². The van der Waals surface area contributed by atoms with E-state index in [1.165, 1.54) is 15.8 Å². The summed E-state index contributed by atoms with van der Waals surface area (Å²) in [5.41, 5.74) is 10.9. The highest BCUT2D eigenvalue weighted by Gasteiger charge is 2.34. The fourth-order valence-electron chi connectivity index (χ4n) is 2.52. The number of nitrogens with one attached hydrogen (secondary N) is 2. The summed E-state index contributed by atoms with van der Waals surface area (Å²) < 4.78 is 40.1. The molecule has 1 amide bonds. The normalized spacial score (nSPS) is 11.5. The van der Waals surface area contributed by atoms with Crippen LogP contribution in [0.2, 0.25) is 0 Å². The van der Waals surface area contributed by atoms with Gasteiger partial charge in [0.1, 0.15) is 17.5 Å². The highest BCUT2D eigenvalue weighted by atomic mass is 19.4. The second-order valence-corrected chi connectivity index (χ2v) is 6.73. The van der Waals surface area contributed by atoms with Crippen LogP contribution in [0.4, 0.5) is 24.8 Å². The highest BCUT2D eigenvalue weighted by molar-refractivity contribution is 5.79. The van der Waals surface area contributed by atoms with Crippen LogP contribution in [0.3, 0.4) is 0 Å². The first kappa shape index (κ1) is 26.1. The predicted octanol–water partition coefficient (Wildman–Crippen LogP) is 1.02. The van der Waals surface area contributed by atoms with Gasteiger partial charge in [-0.1, -0.05) is 6.92 Å². The van der Waals surface area contributed by atoms with E-state index in [0.29, 0.717) is 48.9 Å². The summed E-state index contributed by atoms with van der Waals surface area (Å²) in [5.74, 6) is 5.93. The average molecular weight is 481 g/mol. The molecule has 0 unspecified atom stereocenters. The Morgan fingerprint density at radius 2 is 2.09 bits per heavy atom. The van der Waals surface area contributed by atoms with E-state index in [-0.39, 0.29) is 5.56 Å². The second kappa shape index (κ2) is 11.6. The Balaban J connectivity index is 0.000000292. The van der Waals surface area contributed by atoms with Crippen molar-refractivity contribution in [3.05, 3.63) is 36.2 Å². The molecule has 15 heteroatoms. The van der Waals surface area contributed by atoms with Gasteiger partial charge in [-0.15, -0.1) is 5.10 Å². The van der Waals surface area contributed by atoms with Gasteiger partial charge < -0.3 is 22.1 Å². The monoisotopic (exact) mass is 481 g/mol. The van der Waals surface area contributed by atoms with E-state index in [0.717, 1.165) is 6.07 Å². The molecule has 0 aliphatic heterocycles. The molecule has 0 aliphatic carbocycles. The van der Waals surface area contributed by atoms with E-state index >= 15 is 0 Å². The minimum atomic E-state index is -4.56. The van der Waals surface area contributed by atoms with Crippen LogP contribution in [0.5, 0.6) is 0 Å². The largest absolute Gasteiger partial charge is 0.419 e. The molecule has 0 saturated carbocycles. The number of fused-ring (bicyclic) bond motifs is 1. The zero-order valence-electron chi connectivity index (χ0n) is 18.5. The smallest absolute Gasteiger partial charge is 0.386 e. The average Bonchev–Trinajstić information content (AvgIpc) is 3.21. The summed E-state index contributed by atoms with van der Waals surface area (Å²) in [6.45, 7) is 2.79. The molecule has 0 spiro atoms. The van der Waals surface area contributed by atoms with Crippen molar-refractivity contribution in [3.8, 4) is 11.3 Å². The molecule has 3 aromatic rings. The summed E-state index contributed by atoms with van der Waals surface area (Å²) >= 11 is 0. The predicted molar refractivity (Wildman–Crippen MR) is 122 cm³/mol. The SMILES string of the molecule is CC/C(N)=N/N(N)CCNC=O.CNc1cn2nc(-c3cnc(N)c(C(F)(F)F)c3)ccc2n1. The van der Waals surface area contributed by atoms with Crippen LogP contribution in [0.15, 0.2) is 35.7 Å². The van der Waals surface area contributed by atoms with Crippen LogP contribution in [0.25, 0.3) is 16.9 Å². The molecular weight excluding hydrogens is 455 g/mol. The maximum Gasteiger partial charge on any atom is 0.419 e. The molecule has 0 aromatic carbocycles. The van der Waals surface area contributed by atoms with Crippen molar-refractivity contribution in [2.24, 2.45) is 16.7 Å². The third kappa shape index (κ3) is 7.19. The van der Waals surface area contributed by atoms with E-state index in [4.69, 9.17) is 17.3 Å². The van der Waals surface area contributed by atoms with Crippen molar-refractivity contribution in [2.75, 3.05) is 31.2 Å². The Kier molecular flexibility index (Phi) is 8.94. The number of nitrogen functional groups attached to an aromatic ring is 1. The third-order valence-corrected chi connectivity index (χ3v) is 4.28. The lowest BCUT2D eigenvalue weighted by atomic mass is 10.1. The highest BCUT2D eigenvalue weighted by Crippen LogP contribution is 2.34. The van der Waals surface area contributed by atoms with E-state index in [2.05, 4.69) is 30.8 Å². The molecular formula is C19H26F3N11O. The van der Waals surface area contributed by atoms with Crippen molar-refractivity contribution in [1.29, 1.82) is 0 Å². The fourth-order valence-corrected chi connectivity index (χ4v) is 2.52. The Morgan fingerprint density at radius 3 is 2.71 bits per heavy atom. The van der Waals surface area contributed by atoms with Gasteiger partial charge in [-0.2, -0.15) is 18.3 Å². The van der Waals surface area contributed by atoms with Crippen molar-refractivity contribution in [2.45, 2.75) is 19.5 Å². The number of pyridine rings is 1. The number of amidine groups is 1. The number of aromatic nitrogens is 4. The zero-order chi connectivity index (χ0) is 25.3. The minimum Gasteiger partial charge on any atom is -0.386 e. The summed E-state index contributed by atoms with van der Waals surface area (Å²) in [6, 6.07) is 4.17. The van der Waals surface area contributed by atoms with Crippen LogP contribution in [-0.4, -0.2) is 57.1 Å². The summed E-state index contributed by atoms with van der Waals surface area (Å²) in [4.78, 5) is 17.6. The van der Waals surface area contributed by atoms with Crippen LogP contribution in [0.1, 0.15) is 18.9 Å². The van der Waals surface area contributed by atoms with Gasteiger partial charge in [0, 0.05) is 31.8 Å². The number of nitrogens with two attached hydrogens (primary N) is 3.